The lowest BCUT2D eigenvalue weighted by Gasteiger charge is -2.10. The highest BCUT2D eigenvalue weighted by Crippen LogP contribution is 2.42. The average molecular weight is 573 g/mol. The highest BCUT2D eigenvalue weighted by molar-refractivity contribution is 7.26. The summed E-state index contributed by atoms with van der Waals surface area (Å²) >= 11 is 1.45. The number of fused-ring (bicyclic) bond motifs is 11. The van der Waals surface area contributed by atoms with Gasteiger partial charge < -0.3 is 4.42 Å². The number of thiophene rings is 1. The molecule has 0 bridgehead atoms. The van der Waals surface area contributed by atoms with Crippen LogP contribution in [0.5, 0.6) is 0 Å². The summed E-state index contributed by atoms with van der Waals surface area (Å²) in [7, 11) is 0. The standard InChI is InChI=1S/C38H21N3OS/c1-2-10-22(11-3-1)34-37-35(27-14-6-9-17-33(27)43-37)40-38(39-34)41-30-15-7-4-12-24(30)29-21-28-23(20-31(29)41)18-19-26-25-13-5-8-16-32(25)42-36(26)28/h1-21H/i1D,2D,3D,10D,11D. The zero-order valence-corrected chi connectivity index (χ0v) is 23.2. The second-order valence-electron chi connectivity index (χ2n) is 10.6. The lowest BCUT2D eigenvalue weighted by Crippen LogP contribution is -2.02. The largest absolute Gasteiger partial charge is 0.455 e. The Hall–Kier alpha value is -5.52. The first-order chi connectivity index (χ1) is 23.4. The van der Waals surface area contributed by atoms with Crippen molar-refractivity contribution in [2.45, 2.75) is 0 Å². The average Bonchev–Trinajstić information content (AvgIpc) is 3.78. The van der Waals surface area contributed by atoms with Crippen molar-refractivity contribution in [3.63, 3.8) is 0 Å². The first-order valence-corrected chi connectivity index (χ1v) is 14.7. The third-order valence-electron chi connectivity index (χ3n) is 8.30. The second kappa shape index (κ2) is 8.51. The van der Waals surface area contributed by atoms with Gasteiger partial charge in [-0.25, -0.2) is 9.97 Å². The molecule has 200 valence electrons. The molecule has 4 heterocycles. The van der Waals surface area contributed by atoms with Gasteiger partial charge in [-0.2, -0.15) is 0 Å². The van der Waals surface area contributed by atoms with Gasteiger partial charge in [0.15, 0.2) is 0 Å². The number of hydrogen-bond acceptors (Lipinski definition) is 4. The summed E-state index contributed by atoms with van der Waals surface area (Å²) in [6.07, 6.45) is 0. The number of para-hydroxylation sites is 2. The van der Waals surface area contributed by atoms with E-state index in [1.807, 2.05) is 65.2 Å². The van der Waals surface area contributed by atoms with E-state index in [4.69, 9.17) is 21.2 Å². The van der Waals surface area contributed by atoms with Crippen LogP contribution in [0.2, 0.25) is 0 Å². The summed E-state index contributed by atoms with van der Waals surface area (Å²) in [6, 6.07) is 30.7. The third kappa shape index (κ3) is 3.20. The van der Waals surface area contributed by atoms with Gasteiger partial charge >= 0.3 is 0 Å². The number of rotatable bonds is 2. The monoisotopic (exact) mass is 572 g/mol. The molecule has 0 saturated heterocycles. The molecular weight excluding hydrogens is 547 g/mol. The fraction of sp³-hybridized carbons (Fsp3) is 0. The van der Waals surface area contributed by atoms with E-state index in [-0.39, 0.29) is 17.6 Å². The molecule has 6 aromatic carbocycles. The molecule has 10 rings (SSSR count). The second-order valence-corrected chi connectivity index (χ2v) is 11.7. The summed E-state index contributed by atoms with van der Waals surface area (Å²) in [4.78, 5) is 10.2. The van der Waals surface area contributed by atoms with E-state index >= 15 is 0 Å². The lowest BCUT2D eigenvalue weighted by molar-refractivity contribution is 0.672. The molecular formula is C38H21N3OS. The van der Waals surface area contributed by atoms with Crippen molar-refractivity contribution < 1.29 is 11.3 Å². The van der Waals surface area contributed by atoms with Gasteiger partial charge in [-0.05, 0) is 41.8 Å². The molecule has 4 aromatic heterocycles. The van der Waals surface area contributed by atoms with Crippen molar-refractivity contribution in [2.75, 3.05) is 0 Å². The first kappa shape index (κ1) is 18.8. The summed E-state index contributed by atoms with van der Waals surface area (Å²) < 4.78 is 52.8. The van der Waals surface area contributed by atoms with Gasteiger partial charge in [0.05, 0.1) is 33.8 Å². The van der Waals surface area contributed by atoms with Gasteiger partial charge in [-0.3, -0.25) is 4.57 Å². The van der Waals surface area contributed by atoms with Crippen molar-refractivity contribution in [1.29, 1.82) is 0 Å². The maximum absolute atomic E-state index is 8.84. The Kier molecular flexibility index (Phi) is 3.72. The summed E-state index contributed by atoms with van der Waals surface area (Å²) in [5, 5.41) is 7.03. The molecule has 0 aliphatic heterocycles. The topological polar surface area (TPSA) is 43.9 Å². The van der Waals surface area contributed by atoms with Crippen molar-refractivity contribution >= 4 is 86.2 Å². The fourth-order valence-electron chi connectivity index (χ4n) is 6.40. The first-order valence-electron chi connectivity index (χ1n) is 16.4. The molecule has 4 nitrogen and oxygen atoms in total. The quantitative estimate of drug-likeness (QED) is 0.207. The number of aromatic nitrogens is 3. The number of benzene rings is 6. The molecule has 0 unspecified atom stereocenters. The van der Waals surface area contributed by atoms with Crippen LogP contribution in [0.3, 0.4) is 0 Å². The smallest absolute Gasteiger partial charge is 0.235 e. The van der Waals surface area contributed by atoms with E-state index in [2.05, 4.69) is 36.4 Å². The predicted molar refractivity (Wildman–Crippen MR) is 179 cm³/mol. The Morgan fingerprint density at radius 1 is 0.651 bits per heavy atom. The van der Waals surface area contributed by atoms with E-state index in [1.54, 1.807) is 0 Å². The summed E-state index contributed by atoms with van der Waals surface area (Å²) in [5.41, 5.74) is 4.46. The normalized spacial score (nSPS) is 13.8. The summed E-state index contributed by atoms with van der Waals surface area (Å²) in [5.74, 6) is 0.350. The van der Waals surface area contributed by atoms with Crippen LogP contribution in [0, 0.1) is 0 Å². The molecule has 0 fully saturated rings. The van der Waals surface area contributed by atoms with Crippen molar-refractivity contribution in [1.82, 2.24) is 14.5 Å². The van der Waals surface area contributed by atoms with Crippen LogP contribution in [0.1, 0.15) is 6.85 Å². The van der Waals surface area contributed by atoms with E-state index < -0.39 is 18.1 Å². The fourth-order valence-corrected chi connectivity index (χ4v) is 7.54. The molecule has 0 amide bonds. The molecule has 0 aliphatic carbocycles. The number of hydrogen-bond donors (Lipinski definition) is 0. The Morgan fingerprint density at radius 3 is 2.35 bits per heavy atom. The van der Waals surface area contributed by atoms with E-state index in [1.165, 1.54) is 11.3 Å². The number of furan rings is 1. The Morgan fingerprint density at radius 2 is 1.44 bits per heavy atom. The van der Waals surface area contributed by atoms with Gasteiger partial charge in [0.1, 0.15) is 11.2 Å². The van der Waals surface area contributed by atoms with Crippen LogP contribution in [-0.2, 0) is 0 Å². The SMILES string of the molecule is [2H]c1c([2H])c([2H])c(-c2nc(-n3c4ccccc4c4cc5c(ccc6c7ccccc7oc56)cc43)nc3c2sc2ccccc23)c([2H])c1[2H]. The maximum atomic E-state index is 8.84. The molecule has 0 N–H and O–H groups in total. The molecule has 0 atom stereocenters. The highest BCUT2D eigenvalue weighted by atomic mass is 32.1. The van der Waals surface area contributed by atoms with Crippen molar-refractivity contribution in [3.05, 3.63) is 127 Å². The van der Waals surface area contributed by atoms with Gasteiger partial charge in [-0.1, -0.05) is 90.9 Å². The lowest BCUT2D eigenvalue weighted by atomic mass is 10.0. The van der Waals surface area contributed by atoms with Gasteiger partial charge in [0, 0.05) is 42.6 Å². The molecule has 0 radical (unpaired) electrons. The van der Waals surface area contributed by atoms with Crippen LogP contribution in [-0.4, -0.2) is 14.5 Å². The minimum atomic E-state index is -0.441. The highest BCUT2D eigenvalue weighted by Gasteiger charge is 2.21. The molecule has 5 heteroatoms. The van der Waals surface area contributed by atoms with Crippen molar-refractivity contribution in [3.8, 4) is 17.2 Å². The Balaban J connectivity index is 1.35. The molecule has 0 spiro atoms. The minimum absolute atomic E-state index is 0.0553. The zero-order valence-electron chi connectivity index (χ0n) is 27.4. The minimum Gasteiger partial charge on any atom is -0.455 e. The maximum Gasteiger partial charge on any atom is 0.235 e. The molecule has 43 heavy (non-hydrogen) atoms. The van der Waals surface area contributed by atoms with E-state index in [0.29, 0.717) is 21.9 Å². The van der Waals surface area contributed by atoms with Crippen LogP contribution >= 0.6 is 11.3 Å². The van der Waals surface area contributed by atoms with E-state index in [9.17, 15) is 0 Å². The molecule has 0 saturated carbocycles. The van der Waals surface area contributed by atoms with Crippen LogP contribution in [0.15, 0.2) is 132 Å². The molecule has 10 aromatic rings. The Bertz CT molecular complexity index is 3000. The van der Waals surface area contributed by atoms with Crippen LogP contribution < -0.4 is 0 Å². The summed E-state index contributed by atoms with van der Waals surface area (Å²) in [6.45, 7) is 0. The van der Waals surface area contributed by atoms with Crippen LogP contribution in [0.25, 0.3) is 92.0 Å². The van der Waals surface area contributed by atoms with Crippen LogP contribution in [0.4, 0.5) is 0 Å². The van der Waals surface area contributed by atoms with Crippen molar-refractivity contribution in [2.24, 2.45) is 0 Å². The van der Waals surface area contributed by atoms with Gasteiger partial charge in [-0.15, -0.1) is 11.3 Å². The number of nitrogens with zero attached hydrogens (tertiary/aromatic N) is 3. The third-order valence-corrected chi connectivity index (χ3v) is 9.46. The zero-order chi connectivity index (χ0) is 32.4. The van der Waals surface area contributed by atoms with Gasteiger partial charge in [0.25, 0.3) is 0 Å². The Labute approximate surface area is 256 Å². The van der Waals surface area contributed by atoms with Gasteiger partial charge in [0.2, 0.25) is 5.95 Å². The van der Waals surface area contributed by atoms with E-state index in [0.717, 1.165) is 64.6 Å². The predicted octanol–water partition coefficient (Wildman–Crippen LogP) is 10.7. The molecule has 0 aliphatic rings.